The van der Waals surface area contributed by atoms with Crippen LogP contribution in [0.1, 0.15) is 55.1 Å². The van der Waals surface area contributed by atoms with E-state index in [0.29, 0.717) is 24.8 Å². The van der Waals surface area contributed by atoms with E-state index in [4.69, 9.17) is 4.74 Å². The van der Waals surface area contributed by atoms with Gasteiger partial charge in [0.2, 0.25) is 0 Å². The molecule has 0 spiro atoms. The van der Waals surface area contributed by atoms with E-state index >= 15 is 0 Å². The van der Waals surface area contributed by atoms with E-state index in [-0.39, 0.29) is 12.0 Å². The molecule has 1 aliphatic carbocycles. The molecule has 2 aromatic heterocycles. The second-order valence-electron chi connectivity index (χ2n) is 8.05. The van der Waals surface area contributed by atoms with Crippen LogP contribution in [0.2, 0.25) is 0 Å². The van der Waals surface area contributed by atoms with Crippen LogP contribution in [-0.2, 0) is 0 Å². The topological polar surface area (TPSA) is 60.3 Å². The van der Waals surface area contributed by atoms with Gasteiger partial charge in [0.15, 0.2) is 0 Å². The number of amides is 1. The highest BCUT2D eigenvalue weighted by atomic mass is 16.5. The molecule has 0 bridgehead atoms. The van der Waals surface area contributed by atoms with E-state index in [1.165, 1.54) is 42.8 Å². The molecule has 2 fully saturated rings. The Hall–Kier alpha value is -2.89. The summed E-state index contributed by atoms with van der Waals surface area (Å²) in [5.74, 6) is 0.908. The summed E-state index contributed by atoms with van der Waals surface area (Å²) in [6.07, 6.45) is 13.9. The summed E-state index contributed by atoms with van der Waals surface area (Å²) in [7, 11) is 0. The molecule has 0 unspecified atom stereocenters. The van der Waals surface area contributed by atoms with Crippen molar-refractivity contribution in [2.75, 3.05) is 13.1 Å². The molecule has 0 N–H and O–H groups in total. The van der Waals surface area contributed by atoms with Crippen molar-refractivity contribution in [2.45, 2.75) is 50.7 Å². The Morgan fingerprint density at radius 2 is 1.86 bits per heavy atom. The van der Waals surface area contributed by atoms with Gasteiger partial charge in [-0.3, -0.25) is 9.78 Å². The first-order valence-corrected chi connectivity index (χ1v) is 10.6. The smallest absolute Gasteiger partial charge is 0.274 e. The summed E-state index contributed by atoms with van der Waals surface area (Å²) in [6.45, 7) is 1.36. The summed E-state index contributed by atoms with van der Waals surface area (Å²) in [4.78, 5) is 22.5. The van der Waals surface area contributed by atoms with Crippen LogP contribution < -0.4 is 4.74 Å². The van der Waals surface area contributed by atoms with Gasteiger partial charge in [-0.1, -0.05) is 18.9 Å². The highest BCUT2D eigenvalue weighted by molar-refractivity contribution is 5.92. The van der Waals surface area contributed by atoms with E-state index in [2.05, 4.69) is 45.0 Å². The van der Waals surface area contributed by atoms with Crippen molar-refractivity contribution in [3.05, 3.63) is 54.7 Å². The van der Waals surface area contributed by atoms with Crippen molar-refractivity contribution < 1.29 is 9.53 Å². The van der Waals surface area contributed by atoms with Crippen LogP contribution in [0.5, 0.6) is 5.75 Å². The molecule has 0 radical (unpaired) electrons. The van der Waals surface area contributed by atoms with Crippen molar-refractivity contribution in [1.29, 1.82) is 0 Å². The first kappa shape index (κ1) is 18.2. The third-order valence-electron chi connectivity index (χ3n) is 6.25. The van der Waals surface area contributed by atoms with Crippen LogP contribution in [0.25, 0.3) is 10.9 Å². The molecular weight excluding hydrogens is 364 g/mol. The zero-order valence-electron chi connectivity index (χ0n) is 16.5. The fourth-order valence-electron chi connectivity index (χ4n) is 4.69. The fraction of sp³-hybridized carbons (Fsp3) is 0.435. The number of piperidine rings is 1. The zero-order chi connectivity index (χ0) is 19.6. The summed E-state index contributed by atoms with van der Waals surface area (Å²) in [6, 6.07) is 9.17. The number of aromatic nitrogens is 3. The first-order valence-electron chi connectivity index (χ1n) is 10.6. The number of carbonyl (C=O) groups is 1. The Balaban J connectivity index is 1.26. The predicted molar refractivity (Wildman–Crippen MR) is 111 cm³/mol. The SMILES string of the molecule is O=C(c1cnccn1)N1CCC(Oc2cccc3c2ccn3C2CCCC2)CC1. The largest absolute Gasteiger partial charge is 0.490 e. The van der Waals surface area contributed by atoms with Gasteiger partial charge in [0.25, 0.3) is 5.91 Å². The van der Waals surface area contributed by atoms with Crippen LogP contribution in [0.15, 0.2) is 49.1 Å². The van der Waals surface area contributed by atoms with Crippen LogP contribution in [-0.4, -0.2) is 44.5 Å². The third-order valence-corrected chi connectivity index (χ3v) is 6.25. The molecule has 0 atom stereocenters. The standard InChI is InChI=1S/C23H26N4O2/c28-23(20-16-24-11-12-25-20)26-13-8-18(9-14-26)29-22-7-3-6-21-19(22)10-15-27(21)17-4-1-2-5-17/h3,6-7,10-12,15-18H,1-2,4-5,8-9,13-14H2. The number of nitrogens with zero attached hydrogens (tertiary/aromatic N) is 4. The van der Waals surface area contributed by atoms with Crippen LogP contribution in [0.4, 0.5) is 0 Å². The zero-order valence-corrected chi connectivity index (χ0v) is 16.5. The molecule has 3 aromatic rings. The van der Waals surface area contributed by atoms with Gasteiger partial charge >= 0.3 is 0 Å². The summed E-state index contributed by atoms with van der Waals surface area (Å²) in [5.41, 5.74) is 1.68. The maximum atomic E-state index is 12.5. The molecule has 1 saturated carbocycles. The molecule has 29 heavy (non-hydrogen) atoms. The Morgan fingerprint density at radius 3 is 2.62 bits per heavy atom. The molecule has 1 aromatic carbocycles. The van der Waals surface area contributed by atoms with Crippen molar-refractivity contribution in [3.8, 4) is 5.75 Å². The van der Waals surface area contributed by atoms with E-state index in [1.807, 2.05) is 4.90 Å². The number of likely N-dealkylation sites (tertiary alicyclic amines) is 1. The van der Waals surface area contributed by atoms with E-state index in [1.54, 1.807) is 12.4 Å². The van der Waals surface area contributed by atoms with Gasteiger partial charge < -0.3 is 14.2 Å². The Bertz CT molecular complexity index is 987. The van der Waals surface area contributed by atoms with Crippen molar-refractivity contribution >= 4 is 16.8 Å². The minimum absolute atomic E-state index is 0.0488. The summed E-state index contributed by atoms with van der Waals surface area (Å²) >= 11 is 0. The van der Waals surface area contributed by atoms with E-state index < -0.39 is 0 Å². The van der Waals surface area contributed by atoms with Gasteiger partial charge in [0.05, 0.1) is 11.7 Å². The number of hydrogen-bond donors (Lipinski definition) is 0. The highest BCUT2D eigenvalue weighted by Gasteiger charge is 2.26. The van der Waals surface area contributed by atoms with Crippen LogP contribution in [0.3, 0.4) is 0 Å². The molecule has 6 heteroatoms. The van der Waals surface area contributed by atoms with Gasteiger partial charge in [-0.05, 0) is 31.0 Å². The second-order valence-corrected chi connectivity index (χ2v) is 8.05. The van der Waals surface area contributed by atoms with Crippen LogP contribution >= 0.6 is 0 Å². The lowest BCUT2D eigenvalue weighted by Gasteiger charge is -2.32. The van der Waals surface area contributed by atoms with Crippen molar-refractivity contribution in [2.24, 2.45) is 0 Å². The molecule has 5 rings (SSSR count). The van der Waals surface area contributed by atoms with Gasteiger partial charge in [-0.2, -0.15) is 0 Å². The van der Waals surface area contributed by atoms with E-state index in [9.17, 15) is 4.79 Å². The van der Waals surface area contributed by atoms with Crippen LogP contribution in [0, 0.1) is 0 Å². The number of fused-ring (bicyclic) bond motifs is 1. The second kappa shape index (κ2) is 7.85. The number of benzene rings is 1. The average Bonchev–Trinajstić information content (AvgIpc) is 3.44. The Morgan fingerprint density at radius 1 is 1.03 bits per heavy atom. The minimum Gasteiger partial charge on any atom is -0.490 e. The summed E-state index contributed by atoms with van der Waals surface area (Å²) < 4.78 is 8.83. The molecular formula is C23H26N4O2. The van der Waals surface area contributed by atoms with Gasteiger partial charge in [-0.15, -0.1) is 0 Å². The molecule has 2 aliphatic rings. The predicted octanol–water partition coefficient (Wildman–Crippen LogP) is 4.23. The van der Waals surface area contributed by atoms with Gasteiger partial charge in [0, 0.05) is 55.9 Å². The lowest BCUT2D eigenvalue weighted by molar-refractivity contribution is 0.0592. The van der Waals surface area contributed by atoms with Crippen molar-refractivity contribution in [3.63, 3.8) is 0 Å². The number of rotatable bonds is 4. The Labute approximate surface area is 170 Å². The average molecular weight is 390 g/mol. The number of hydrogen-bond acceptors (Lipinski definition) is 4. The molecule has 150 valence electrons. The minimum atomic E-state index is -0.0488. The maximum absolute atomic E-state index is 12.5. The number of ether oxygens (including phenoxy) is 1. The van der Waals surface area contributed by atoms with Gasteiger partial charge in [0.1, 0.15) is 17.5 Å². The first-order chi connectivity index (χ1) is 14.3. The lowest BCUT2D eigenvalue weighted by atomic mass is 10.1. The lowest BCUT2D eigenvalue weighted by Crippen LogP contribution is -2.42. The molecule has 3 heterocycles. The molecule has 6 nitrogen and oxygen atoms in total. The Kier molecular flexibility index (Phi) is 4.92. The molecule has 1 saturated heterocycles. The maximum Gasteiger partial charge on any atom is 0.274 e. The normalized spacial score (nSPS) is 18.4. The van der Waals surface area contributed by atoms with E-state index in [0.717, 1.165) is 18.6 Å². The fourth-order valence-corrected chi connectivity index (χ4v) is 4.69. The molecule has 1 amide bonds. The number of carbonyl (C=O) groups excluding carboxylic acids is 1. The summed E-state index contributed by atoms with van der Waals surface area (Å²) in [5, 5.41) is 1.19. The van der Waals surface area contributed by atoms with Gasteiger partial charge in [-0.25, -0.2) is 4.98 Å². The third kappa shape index (κ3) is 3.59. The quantitative estimate of drug-likeness (QED) is 0.669. The highest BCUT2D eigenvalue weighted by Crippen LogP contribution is 2.36. The monoisotopic (exact) mass is 390 g/mol. The van der Waals surface area contributed by atoms with Crippen molar-refractivity contribution in [1.82, 2.24) is 19.4 Å². The molecule has 1 aliphatic heterocycles.